The Bertz CT molecular complexity index is 860. The maximum atomic E-state index is 13.0. The predicted molar refractivity (Wildman–Crippen MR) is 91.9 cm³/mol. The number of halogens is 2. The minimum Gasteiger partial charge on any atom is -0.322 e. The topological polar surface area (TPSA) is 46.9 Å². The highest BCUT2D eigenvalue weighted by Crippen LogP contribution is 2.22. The van der Waals surface area contributed by atoms with Gasteiger partial charge in [0.25, 0.3) is 5.91 Å². The van der Waals surface area contributed by atoms with Gasteiger partial charge in [-0.1, -0.05) is 41.9 Å². The van der Waals surface area contributed by atoms with E-state index in [4.69, 9.17) is 11.6 Å². The third-order valence-electron chi connectivity index (χ3n) is 3.57. The van der Waals surface area contributed by atoms with Crippen molar-refractivity contribution in [2.24, 2.45) is 0 Å². The quantitative estimate of drug-likeness (QED) is 0.768. The molecule has 6 heteroatoms. The van der Waals surface area contributed by atoms with E-state index < -0.39 is 0 Å². The van der Waals surface area contributed by atoms with Crippen molar-refractivity contribution in [1.82, 2.24) is 9.78 Å². The van der Waals surface area contributed by atoms with E-state index in [1.807, 2.05) is 18.2 Å². The lowest BCUT2D eigenvalue weighted by atomic mass is 10.2. The third kappa shape index (κ3) is 3.46. The molecule has 0 saturated heterocycles. The number of nitrogens with zero attached hydrogens (tertiary/aromatic N) is 2. The SMILES string of the molecule is Cc1nn(Cc2ccc(F)cc2)c(Cl)c1C(=O)Nc1ccccc1. The highest BCUT2D eigenvalue weighted by Gasteiger charge is 2.20. The van der Waals surface area contributed by atoms with Gasteiger partial charge in [0, 0.05) is 5.69 Å². The molecule has 1 amide bonds. The van der Waals surface area contributed by atoms with Gasteiger partial charge in [0.2, 0.25) is 0 Å². The van der Waals surface area contributed by atoms with E-state index >= 15 is 0 Å². The van der Waals surface area contributed by atoms with E-state index in [9.17, 15) is 9.18 Å². The van der Waals surface area contributed by atoms with Gasteiger partial charge in [0.05, 0.1) is 17.8 Å². The zero-order valence-electron chi connectivity index (χ0n) is 13.0. The molecule has 0 bridgehead atoms. The predicted octanol–water partition coefficient (Wildman–Crippen LogP) is 4.28. The van der Waals surface area contributed by atoms with Gasteiger partial charge in [-0.05, 0) is 36.8 Å². The molecule has 122 valence electrons. The standard InChI is InChI=1S/C18H15ClFN3O/c1-12-16(18(24)21-15-5-3-2-4-6-15)17(19)23(22-12)11-13-7-9-14(20)10-8-13/h2-10H,11H2,1H3,(H,21,24). The van der Waals surface area contributed by atoms with E-state index in [-0.39, 0.29) is 16.9 Å². The van der Waals surface area contributed by atoms with Crippen LogP contribution in [0.3, 0.4) is 0 Å². The molecular weight excluding hydrogens is 329 g/mol. The van der Waals surface area contributed by atoms with Gasteiger partial charge in [-0.25, -0.2) is 9.07 Å². The van der Waals surface area contributed by atoms with Gasteiger partial charge in [0.15, 0.2) is 0 Å². The highest BCUT2D eigenvalue weighted by molar-refractivity contribution is 6.33. The minimum atomic E-state index is -0.311. The molecule has 24 heavy (non-hydrogen) atoms. The van der Waals surface area contributed by atoms with E-state index in [1.54, 1.807) is 31.2 Å². The summed E-state index contributed by atoms with van der Waals surface area (Å²) in [5.41, 5.74) is 2.40. The molecule has 0 unspecified atom stereocenters. The van der Waals surface area contributed by atoms with Crippen molar-refractivity contribution >= 4 is 23.2 Å². The van der Waals surface area contributed by atoms with Gasteiger partial charge in [-0.2, -0.15) is 5.10 Å². The Morgan fingerprint density at radius 3 is 2.50 bits per heavy atom. The fourth-order valence-electron chi connectivity index (χ4n) is 2.39. The molecule has 0 aliphatic heterocycles. The molecule has 3 rings (SSSR count). The van der Waals surface area contributed by atoms with Crippen molar-refractivity contribution in [3.8, 4) is 0 Å². The monoisotopic (exact) mass is 343 g/mol. The summed E-state index contributed by atoms with van der Waals surface area (Å²) in [6.07, 6.45) is 0. The number of hydrogen-bond acceptors (Lipinski definition) is 2. The Kier molecular flexibility index (Phi) is 4.62. The molecule has 0 fully saturated rings. The first-order valence-corrected chi connectivity index (χ1v) is 7.76. The number of para-hydroxylation sites is 1. The molecule has 0 radical (unpaired) electrons. The fraction of sp³-hybridized carbons (Fsp3) is 0.111. The fourth-order valence-corrected chi connectivity index (χ4v) is 2.71. The molecule has 0 atom stereocenters. The van der Waals surface area contributed by atoms with Crippen LogP contribution in [0.4, 0.5) is 10.1 Å². The second-order valence-corrected chi connectivity index (χ2v) is 5.71. The maximum Gasteiger partial charge on any atom is 0.260 e. The average molecular weight is 344 g/mol. The van der Waals surface area contributed by atoms with Crippen molar-refractivity contribution in [2.45, 2.75) is 13.5 Å². The number of hydrogen-bond donors (Lipinski definition) is 1. The first-order valence-electron chi connectivity index (χ1n) is 7.38. The van der Waals surface area contributed by atoms with Crippen LogP contribution in [0.25, 0.3) is 0 Å². The van der Waals surface area contributed by atoms with Crippen LogP contribution in [0.2, 0.25) is 5.15 Å². The number of carbonyl (C=O) groups excluding carboxylic acids is 1. The summed E-state index contributed by atoms with van der Waals surface area (Å²) in [5.74, 6) is -0.613. The number of nitrogens with one attached hydrogen (secondary N) is 1. The second-order valence-electron chi connectivity index (χ2n) is 5.36. The molecule has 0 aliphatic carbocycles. The molecule has 0 aliphatic rings. The number of amides is 1. The zero-order chi connectivity index (χ0) is 17.1. The van der Waals surface area contributed by atoms with Gasteiger partial charge < -0.3 is 5.32 Å². The number of rotatable bonds is 4. The largest absolute Gasteiger partial charge is 0.322 e. The lowest BCUT2D eigenvalue weighted by Gasteiger charge is -2.06. The third-order valence-corrected chi connectivity index (χ3v) is 3.95. The normalized spacial score (nSPS) is 10.6. The van der Waals surface area contributed by atoms with E-state index in [0.717, 1.165) is 5.56 Å². The summed E-state index contributed by atoms with van der Waals surface area (Å²) < 4.78 is 14.5. The van der Waals surface area contributed by atoms with Crippen LogP contribution in [0.1, 0.15) is 21.6 Å². The van der Waals surface area contributed by atoms with Crippen LogP contribution >= 0.6 is 11.6 Å². The first-order chi connectivity index (χ1) is 11.5. The minimum absolute atomic E-state index is 0.255. The van der Waals surface area contributed by atoms with Crippen molar-refractivity contribution < 1.29 is 9.18 Å². The summed E-state index contributed by atoms with van der Waals surface area (Å²) >= 11 is 6.34. The Labute approximate surface area is 143 Å². The highest BCUT2D eigenvalue weighted by atomic mass is 35.5. The van der Waals surface area contributed by atoms with E-state index in [1.165, 1.54) is 16.8 Å². The van der Waals surface area contributed by atoms with Crippen LogP contribution in [-0.4, -0.2) is 15.7 Å². The lowest BCUT2D eigenvalue weighted by Crippen LogP contribution is -2.13. The van der Waals surface area contributed by atoms with Gasteiger partial charge in [0.1, 0.15) is 11.0 Å². The van der Waals surface area contributed by atoms with Crippen LogP contribution in [-0.2, 0) is 6.54 Å². The van der Waals surface area contributed by atoms with Crippen LogP contribution in [0.5, 0.6) is 0 Å². The molecule has 2 aromatic carbocycles. The second kappa shape index (κ2) is 6.84. The van der Waals surface area contributed by atoms with Crippen molar-refractivity contribution in [2.75, 3.05) is 5.32 Å². The number of carbonyl (C=O) groups is 1. The number of benzene rings is 2. The lowest BCUT2D eigenvalue weighted by molar-refractivity contribution is 0.102. The number of anilines is 1. The molecule has 1 heterocycles. The Balaban J connectivity index is 1.83. The zero-order valence-corrected chi connectivity index (χ0v) is 13.7. The van der Waals surface area contributed by atoms with Crippen molar-refractivity contribution in [3.63, 3.8) is 0 Å². The van der Waals surface area contributed by atoms with Crippen molar-refractivity contribution in [3.05, 3.63) is 82.4 Å². The summed E-state index contributed by atoms with van der Waals surface area (Å²) in [4.78, 5) is 12.5. The summed E-state index contributed by atoms with van der Waals surface area (Å²) in [6.45, 7) is 2.09. The molecule has 3 aromatic rings. The molecule has 1 N–H and O–H groups in total. The number of aromatic nitrogens is 2. The van der Waals surface area contributed by atoms with Gasteiger partial charge in [-0.3, -0.25) is 4.79 Å². The molecule has 1 aromatic heterocycles. The summed E-state index contributed by atoms with van der Waals surface area (Å²) in [7, 11) is 0. The van der Waals surface area contributed by atoms with Gasteiger partial charge in [-0.15, -0.1) is 0 Å². The molecular formula is C18H15ClFN3O. The van der Waals surface area contributed by atoms with Crippen LogP contribution in [0, 0.1) is 12.7 Å². The Morgan fingerprint density at radius 1 is 1.17 bits per heavy atom. The van der Waals surface area contributed by atoms with Crippen molar-refractivity contribution in [1.29, 1.82) is 0 Å². The van der Waals surface area contributed by atoms with Crippen LogP contribution < -0.4 is 5.32 Å². The first kappa shape index (κ1) is 16.2. The molecule has 4 nitrogen and oxygen atoms in total. The molecule has 0 spiro atoms. The van der Waals surface area contributed by atoms with E-state index in [2.05, 4.69) is 10.4 Å². The Hall–Kier alpha value is -2.66. The Morgan fingerprint density at radius 2 is 1.83 bits per heavy atom. The summed E-state index contributed by atoms with van der Waals surface area (Å²) in [5, 5.41) is 7.37. The maximum absolute atomic E-state index is 13.0. The van der Waals surface area contributed by atoms with Gasteiger partial charge >= 0.3 is 0 Å². The average Bonchev–Trinajstić information content (AvgIpc) is 2.84. The summed E-state index contributed by atoms with van der Waals surface area (Å²) in [6, 6.07) is 15.2. The molecule has 0 saturated carbocycles. The van der Waals surface area contributed by atoms with Crippen LogP contribution in [0.15, 0.2) is 54.6 Å². The van der Waals surface area contributed by atoms with E-state index in [0.29, 0.717) is 23.5 Å². The smallest absolute Gasteiger partial charge is 0.260 e. The number of aryl methyl sites for hydroxylation is 1.